The largest absolute Gasteiger partial charge is 0.497 e. The number of carbonyl (C=O) groups is 1. The van der Waals surface area contributed by atoms with Crippen LogP contribution in [0.5, 0.6) is 5.75 Å². The summed E-state index contributed by atoms with van der Waals surface area (Å²) in [7, 11) is 3.26. The van der Waals surface area contributed by atoms with Crippen molar-refractivity contribution in [2.24, 2.45) is 0 Å². The van der Waals surface area contributed by atoms with Crippen molar-refractivity contribution in [2.45, 2.75) is 23.8 Å². The Hall–Kier alpha value is -1.84. The summed E-state index contributed by atoms with van der Waals surface area (Å²) in [5.74, 6) is 1.09. The summed E-state index contributed by atoms with van der Waals surface area (Å²) >= 11 is 2.80. The monoisotopic (exact) mass is 382 g/mol. The molecule has 1 amide bonds. The number of amides is 1. The zero-order chi connectivity index (χ0) is 18.1. The van der Waals surface area contributed by atoms with Gasteiger partial charge in [0.1, 0.15) is 5.75 Å². The Kier molecular flexibility index (Phi) is 7.96. The van der Waals surface area contributed by atoms with Crippen molar-refractivity contribution in [3.63, 3.8) is 0 Å². The predicted molar refractivity (Wildman–Crippen MR) is 100 cm³/mol. The van der Waals surface area contributed by atoms with Gasteiger partial charge in [-0.3, -0.25) is 4.79 Å². The molecular formula is C16H22N4O3S2. The third-order valence-electron chi connectivity index (χ3n) is 3.16. The molecule has 0 aliphatic carbocycles. The van der Waals surface area contributed by atoms with Crippen LogP contribution in [-0.2, 0) is 16.1 Å². The minimum atomic E-state index is -0.0440. The van der Waals surface area contributed by atoms with Gasteiger partial charge in [0.2, 0.25) is 11.0 Å². The zero-order valence-corrected chi connectivity index (χ0v) is 16.1. The van der Waals surface area contributed by atoms with Crippen molar-refractivity contribution in [1.29, 1.82) is 0 Å². The molecule has 0 bridgehead atoms. The minimum absolute atomic E-state index is 0.00533. The maximum atomic E-state index is 11.8. The van der Waals surface area contributed by atoms with Gasteiger partial charge in [-0.15, -0.1) is 10.2 Å². The van der Waals surface area contributed by atoms with Crippen molar-refractivity contribution in [3.05, 3.63) is 29.8 Å². The summed E-state index contributed by atoms with van der Waals surface area (Å²) in [5.41, 5.74) is 1.12. The van der Waals surface area contributed by atoms with Crippen molar-refractivity contribution >= 4 is 34.1 Å². The molecule has 25 heavy (non-hydrogen) atoms. The molecule has 1 atom stereocenters. The van der Waals surface area contributed by atoms with E-state index in [1.807, 2.05) is 31.2 Å². The van der Waals surface area contributed by atoms with Crippen LogP contribution in [-0.4, -0.2) is 48.7 Å². The van der Waals surface area contributed by atoms with E-state index < -0.39 is 0 Å². The standard InChI is InChI=1S/C16H22N4O3S2/c1-11(9-22-2)18-14(21)10-24-16-20-19-15(25-16)17-8-12-4-6-13(23-3)7-5-12/h4-7,11H,8-10H2,1-3H3,(H,17,19)(H,18,21)/t11-/m0/s1. The smallest absolute Gasteiger partial charge is 0.230 e. The molecule has 1 heterocycles. The first-order valence-corrected chi connectivity index (χ1v) is 9.52. The van der Waals surface area contributed by atoms with Crippen molar-refractivity contribution in [2.75, 3.05) is 31.9 Å². The van der Waals surface area contributed by atoms with Gasteiger partial charge in [0, 0.05) is 19.7 Å². The third kappa shape index (κ3) is 6.89. The van der Waals surface area contributed by atoms with Crippen LogP contribution in [0, 0.1) is 0 Å². The lowest BCUT2D eigenvalue weighted by Gasteiger charge is -2.11. The highest BCUT2D eigenvalue weighted by molar-refractivity contribution is 8.01. The number of carbonyl (C=O) groups excluding carboxylic acids is 1. The number of rotatable bonds is 10. The maximum Gasteiger partial charge on any atom is 0.230 e. The second-order valence-corrected chi connectivity index (χ2v) is 7.49. The van der Waals surface area contributed by atoms with Gasteiger partial charge in [0.25, 0.3) is 0 Å². The highest BCUT2D eigenvalue weighted by Crippen LogP contribution is 2.25. The Balaban J connectivity index is 1.74. The van der Waals surface area contributed by atoms with Gasteiger partial charge in [-0.25, -0.2) is 0 Å². The number of hydrogen-bond acceptors (Lipinski definition) is 8. The van der Waals surface area contributed by atoms with Crippen LogP contribution in [0.25, 0.3) is 0 Å². The quantitative estimate of drug-likeness (QED) is 0.610. The number of nitrogens with zero attached hydrogens (tertiary/aromatic N) is 2. The van der Waals surface area contributed by atoms with Crippen LogP contribution in [0.15, 0.2) is 28.6 Å². The van der Waals surface area contributed by atoms with E-state index in [0.717, 1.165) is 20.8 Å². The van der Waals surface area contributed by atoms with E-state index >= 15 is 0 Å². The summed E-state index contributed by atoms with van der Waals surface area (Å²) < 4.78 is 10.9. The molecule has 0 saturated heterocycles. The van der Waals surface area contributed by atoms with E-state index in [2.05, 4.69) is 20.8 Å². The molecule has 136 valence electrons. The average Bonchev–Trinajstić information content (AvgIpc) is 3.07. The molecule has 0 radical (unpaired) electrons. The van der Waals surface area contributed by atoms with Crippen LogP contribution in [0.1, 0.15) is 12.5 Å². The fourth-order valence-electron chi connectivity index (χ4n) is 2.00. The number of ether oxygens (including phenoxy) is 2. The lowest BCUT2D eigenvalue weighted by Crippen LogP contribution is -2.36. The first kappa shape index (κ1) is 19.5. The van der Waals surface area contributed by atoms with Gasteiger partial charge in [0.05, 0.1) is 19.5 Å². The summed E-state index contributed by atoms with van der Waals surface area (Å²) in [4.78, 5) is 11.8. The number of hydrogen-bond donors (Lipinski definition) is 2. The molecule has 1 aromatic heterocycles. The Bertz CT molecular complexity index is 664. The molecule has 0 aliphatic heterocycles. The highest BCUT2D eigenvalue weighted by Gasteiger charge is 2.10. The SMILES string of the molecule is COC[C@H](C)NC(=O)CSc1nnc(NCc2ccc(OC)cc2)s1. The number of thioether (sulfide) groups is 1. The number of methoxy groups -OCH3 is 2. The fraction of sp³-hybridized carbons (Fsp3) is 0.438. The highest BCUT2D eigenvalue weighted by atomic mass is 32.2. The first-order chi connectivity index (χ1) is 12.1. The van der Waals surface area contributed by atoms with E-state index in [9.17, 15) is 4.79 Å². The summed E-state index contributed by atoms with van der Waals surface area (Å²) in [6.07, 6.45) is 0. The second-order valence-electron chi connectivity index (χ2n) is 5.29. The van der Waals surface area contributed by atoms with Crippen LogP contribution in [0.4, 0.5) is 5.13 Å². The number of aromatic nitrogens is 2. The molecule has 0 saturated carbocycles. The predicted octanol–water partition coefficient (Wildman–Crippen LogP) is 2.40. The molecule has 0 fully saturated rings. The summed E-state index contributed by atoms with van der Waals surface area (Å²) in [5, 5.41) is 15.0. The molecule has 2 aromatic rings. The molecule has 1 aromatic carbocycles. The molecule has 0 unspecified atom stereocenters. The van der Waals surface area contributed by atoms with E-state index in [4.69, 9.17) is 9.47 Å². The Morgan fingerprint density at radius 1 is 1.28 bits per heavy atom. The number of nitrogens with one attached hydrogen (secondary N) is 2. The fourth-order valence-corrected chi connectivity index (χ4v) is 3.55. The first-order valence-electron chi connectivity index (χ1n) is 7.72. The Labute approximate surface area is 155 Å². The summed E-state index contributed by atoms with van der Waals surface area (Å²) in [6, 6.07) is 7.82. The molecule has 0 aliphatic rings. The zero-order valence-electron chi connectivity index (χ0n) is 14.4. The van der Waals surface area contributed by atoms with E-state index in [0.29, 0.717) is 18.9 Å². The van der Waals surface area contributed by atoms with Gasteiger partial charge in [-0.05, 0) is 24.6 Å². The molecule has 9 heteroatoms. The van der Waals surface area contributed by atoms with Crippen molar-refractivity contribution < 1.29 is 14.3 Å². The van der Waals surface area contributed by atoms with E-state index in [-0.39, 0.29) is 11.9 Å². The van der Waals surface area contributed by atoms with Gasteiger partial charge in [-0.2, -0.15) is 0 Å². The molecule has 0 spiro atoms. The lowest BCUT2D eigenvalue weighted by molar-refractivity contribution is -0.119. The van der Waals surface area contributed by atoms with E-state index in [1.165, 1.54) is 23.1 Å². The Morgan fingerprint density at radius 3 is 2.72 bits per heavy atom. The molecule has 7 nitrogen and oxygen atoms in total. The minimum Gasteiger partial charge on any atom is -0.497 e. The summed E-state index contributed by atoms with van der Waals surface area (Å²) in [6.45, 7) is 3.05. The van der Waals surface area contributed by atoms with Gasteiger partial charge >= 0.3 is 0 Å². The average molecular weight is 383 g/mol. The topological polar surface area (TPSA) is 85.4 Å². The van der Waals surface area contributed by atoms with Crippen LogP contribution in [0.2, 0.25) is 0 Å². The molecular weight excluding hydrogens is 360 g/mol. The van der Waals surface area contributed by atoms with Crippen LogP contribution >= 0.6 is 23.1 Å². The number of anilines is 1. The molecule has 2 N–H and O–H groups in total. The van der Waals surface area contributed by atoms with E-state index in [1.54, 1.807) is 14.2 Å². The van der Waals surface area contributed by atoms with Gasteiger partial charge < -0.3 is 20.1 Å². The normalized spacial score (nSPS) is 11.8. The van der Waals surface area contributed by atoms with Crippen molar-refractivity contribution in [3.8, 4) is 5.75 Å². The van der Waals surface area contributed by atoms with Crippen LogP contribution in [0.3, 0.4) is 0 Å². The number of benzene rings is 1. The maximum absolute atomic E-state index is 11.8. The van der Waals surface area contributed by atoms with Crippen LogP contribution < -0.4 is 15.4 Å². The molecule has 2 rings (SSSR count). The third-order valence-corrected chi connectivity index (χ3v) is 5.17. The van der Waals surface area contributed by atoms with Gasteiger partial charge in [-0.1, -0.05) is 35.2 Å². The Morgan fingerprint density at radius 2 is 2.04 bits per heavy atom. The van der Waals surface area contributed by atoms with Crippen molar-refractivity contribution in [1.82, 2.24) is 15.5 Å². The van der Waals surface area contributed by atoms with Gasteiger partial charge in [0.15, 0.2) is 4.34 Å². The second kappa shape index (κ2) is 10.2. The lowest BCUT2D eigenvalue weighted by atomic mass is 10.2.